The standard InChI is InChI=1S/C15H11ClO2/c16-13-5-3-7-15-12(13)8-10(9-17)11-4-1-2-6-14(11)18-15/h1-8,17H,9H2. The fourth-order valence-corrected chi connectivity index (χ4v) is 2.29. The molecular formula is C15H11ClO2. The monoisotopic (exact) mass is 258 g/mol. The number of aliphatic hydroxyl groups is 1. The van der Waals surface area contributed by atoms with Gasteiger partial charge >= 0.3 is 0 Å². The Balaban J connectivity index is 2.28. The maximum Gasteiger partial charge on any atom is 0.136 e. The Morgan fingerprint density at radius 3 is 2.61 bits per heavy atom. The Morgan fingerprint density at radius 1 is 1.00 bits per heavy atom. The van der Waals surface area contributed by atoms with Gasteiger partial charge in [-0.1, -0.05) is 35.9 Å². The van der Waals surface area contributed by atoms with E-state index in [0.29, 0.717) is 10.8 Å². The van der Waals surface area contributed by atoms with Crippen LogP contribution in [0.2, 0.25) is 5.02 Å². The molecule has 1 N–H and O–H groups in total. The molecule has 2 aromatic rings. The summed E-state index contributed by atoms with van der Waals surface area (Å²) in [5.41, 5.74) is 2.50. The molecule has 1 heterocycles. The summed E-state index contributed by atoms with van der Waals surface area (Å²) in [4.78, 5) is 0. The Hall–Kier alpha value is -1.77. The number of halogens is 1. The molecule has 0 saturated carbocycles. The molecule has 0 spiro atoms. The summed E-state index contributed by atoms with van der Waals surface area (Å²) in [7, 11) is 0. The number of rotatable bonds is 1. The largest absolute Gasteiger partial charge is 0.456 e. The number of benzene rings is 2. The first-order valence-electron chi connectivity index (χ1n) is 5.67. The second kappa shape index (κ2) is 4.48. The number of para-hydroxylation sites is 1. The number of ether oxygens (including phenoxy) is 1. The lowest BCUT2D eigenvalue weighted by atomic mass is 10.0. The van der Waals surface area contributed by atoms with E-state index in [-0.39, 0.29) is 6.61 Å². The highest BCUT2D eigenvalue weighted by atomic mass is 35.5. The zero-order valence-electron chi connectivity index (χ0n) is 9.56. The number of hydrogen-bond acceptors (Lipinski definition) is 2. The minimum atomic E-state index is -0.0506. The summed E-state index contributed by atoms with van der Waals surface area (Å²) in [6.45, 7) is -0.0506. The van der Waals surface area contributed by atoms with Crippen molar-refractivity contribution in [2.45, 2.75) is 0 Å². The fourth-order valence-electron chi connectivity index (χ4n) is 2.07. The molecule has 0 atom stereocenters. The predicted octanol–water partition coefficient (Wildman–Crippen LogP) is 3.98. The molecule has 1 aliphatic heterocycles. The quantitative estimate of drug-likeness (QED) is 0.838. The van der Waals surface area contributed by atoms with Crippen LogP contribution in [0, 0.1) is 0 Å². The summed E-state index contributed by atoms with van der Waals surface area (Å²) in [6.07, 6.45) is 1.88. The molecule has 0 fully saturated rings. The van der Waals surface area contributed by atoms with E-state index < -0.39 is 0 Å². The fraction of sp³-hybridized carbons (Fsp3) is 0.0667. The highest BCUT2D eigenvalue weighted by Gasteiger charge is 2.17. The molecule has 0 radical (unpaired) electrons. The molecule has 0 bridgehead atoms. The van der Waals surface area contributed by atoms with E-state index in [1.165, 1.54) is 0 Å². The van der Waals surface area contributed by atoms with Crippen molar-refractivity contribution >= 4 is 23.3 Å². The van der Waals surface area contributed by atoms with E-state index in [9.17, 15) is 5.11 Å². The van der Waals surface area contributed by atoms with Gasteiger partial charge in [0.25, 0.3) is 0 Å². The molecule has 90 valence electrons. The van der Waals surface area contributed by atoms with Gasteiger partial charge in [-0.25, -0.2) is 0 Å². The second-order valence-electron chi connectivity index (χ2n) is 4.08. The molecule has 18 heavy (non-hydrogen) atoms. The molecular weight excluding hydrogens is 248 g/mol. The van der Waals surface area contributed by atoms with Gasteiger partial charge in [-0.05, 0) is 29.8 Å². The van der Waals surface area contributed by atoms with Gasteiger partial charge in [0.2, 0.25) is 0 Å². The lowest BCUT2D eigenvalue weighted by Crippen LogP contribution is -1.91. The van der Waals surface area contributed by atoms with Crippen molar-refractivity contribution in [3.8, 4) is 11.5 Å². The third kappa shape index (κ3) is 1.80. The average Bonchev–Trinajstić information content (AvgIpc) is 2.55. The first-order valence-corrected chi connectivity index (χ1v) is 6.04. The maximum atomic E-state index is 9.51. The number of hydrogen-bond donors (Lipinski definition) is 1. The van der Waals surface area contributed by atoms with Crippen molar-refractivity contribution in [1.82, 2.24) is 0 Å². The molecule has 0 amide bonds. The van der Waals surface area contributed by atoms with Gasteiger partial charge < -0.3 is 9.84 Å². The van der Waals surface area contributed by atoms with E-state index >= 15 is 0 Å². The van der Waals surface area contributed by atoms with Gasteiger partial charge in [0, 0.05) is 11.1 Å². The lowest BCUT2D eigenvalue weighted by molar-refractivity contribution is 0.350. The molecule has 3 rings (SSSR count). The highest BCUT2D eigenvalue weighted by Crippen LogP contribution is 2.40. The third-order valence-corrected chi connectivity index (χ3v) is 3.28. The van der Waals surface area contributed by atoms with E-state index in [4.69, 9.17) is 16.3 Å². The van der Waals surface area contributed by atoms with Crippen LogP contribution < -0.4 is 4.74 Å². The predicted molar refractivity (Wildman–Crippen MR) is 72.9 cm³/mol. The number of aliphatic hydroxyl groups excluding tert-OH is 1. The first kappa shape index (κ1) is 11.3. The van der Waals surface area contributed by atoms with E-state index in [1.54, 1.807) is 0 Å². The molecule has 0 aromatic heterocycles. The van der Waals surface area contributed by atoms with Gasteiger partial charge in [0.1, 0.15) is 11.5 Å². The first-order chi connectivity index (χ1) is 8.79. The van der Waals surface area contributed by atoms with Crippen LogP contribution in [0.4, 0.5) is 0 Å². The topological polar surface area (TPSA) is 29.5 Å². The van der Waals surface area contributed by atoms with Crippen molar-refractivity contribution in [2.24, 2.45) is 0 Å². The SMILES string of the molecule is OCC1=Cc2c(Cl)cccc2Oc2ccccc21. The van der Waals surface area contributed by atoms with E-state index in [1.807, 2.05) is 48.5 Å². The van der Waals surface area contributed by atoms with Crippen molar-refractivity contribution in [3.05, 3.63) is 58.6 Å². The molecule has 2 aromatic carbocycles. The van der Waals surface area contributed by atoms with Gasteiger partial charge in [0.05, 0.1) is 11.6 Å². The molecule has 0 aliphatic carbocycles. The Kier molecular flexibility index (Phi) is 2.82. The minimum Gasteiger partial charge on any atom is -0.456 e. The summed E-state index contributed by atoms with van der Waals surface area (Å²) in [5, 5.41) is 10.1. The van der Waals surface area contributed by atoms with Gasteiger partial charge in [-0.15, -0.1) is 0 Å². The Bertz CT molecular complexity index is 632. The van der Waals surface area contributed by atoms with Crippen molar-refractivity contribution < 1.29 is 9.84 Å². The number of fused-ring (bicyclic) bond motifs is 2. The summed E-state index contributed by atoms with van der Waals surface area (Å²) < 4.78 is 5.87. The Labute approximate surface area is 110 Å². The molecule has 0 unspecified atom stereocenters. The molecule has 1 aliphatic rings. The van der Waals surface area contributed by atoms with Crippen LogP contribution >= 0.6 is 11.6 Å². The summed E-state index contributed by atoms with van der Waals surface area (Å²) >= 11 is 6.17. The van der Waals surface area contributed by atoms with Crippen LogP contribution in [0.1, 0.15) is 11.1 Å². The van der Waals surface area contributed by atoms with Crippen LogP contribution in [-0.2, 0) is 0 Å². The molecule has 0 saturated heterocycles. The van der Waals surface area contributed by atoms with Gasteiger partial charge in [0.15, 0.2) is 0 Å². The van der Waals surface area contributed by atoms with E-state index in [0.717, 1.165) is 22.4 Å². The Morgan fingerprint density at radius 2 is 1.78 bits per heavy atom. The van der Waals surface area contributed by atoms with Crippen LogP contribution in [0.15, 0.2) is 42.5 Å². The third-order valence-electron chi connectivity index (χ3n) is 2.95. The van der Waals surface area contributed by atoms with Crippen molar-refractivity contribution in [1.29, 1.82) is 0 Å². The summed E-state index contributed by atoms with van der Waals surface area (Å²) in [5.74, 6) is 1.44. The minimum absolute atomic E-state index is 0.0506. The van der Waals surface area contributed by atoms with Crippen LogP contribution in [0.5, 0.6) is 11.5 Å². The van der Waals surface area contributed by atoms with Gasteiger partial charge in [-0.3, -0.25) is 0 Å². The van der Waals surface area contributed by atoms with Crippen LogP contribution in [-0.4, -0.2) is 11.7 Å². The molecule has 2 nitrogen and oxygen atoms in total. The average molecular weight is 259 g/mol. The molecule has 3 heteroatoms. The van der Waals surface area contributed by atoms with Crippen molar-refractivity contribution in [3.63, 3.8) is 0 Å². The maximum absolute atomic E-state index is 9.51. The van der Waals surface area contributed by atoms with E-state index in [2.05, 4.69) is 0 Å². The second-order valence-corrected chi connectivity index (χ2v) is 4.48. The smallest absolute Gasteiger partial charge is 0.136 e. The zero-order chi connectivity index (χ0) is 12.5. The normalized spacial score (nSPS) is 12.9. The lowest BCUT2D eigenvalue weighted by Gasteiger charge is -2.09. The highest BCUT2D eigenvalue weighted by molar-refractivity contribution is 6.32. The summed E-state index contributed by atoms with van der Waals surface area (Å²) in [6, 6.07) is 13.2. The van der Waals surface area contributed by atoms with Crippen LogP contribution in [0.25, 0.3) is 11.6 Å². The zero-order valence-corrected chi connectivity index (χ0v) is 10.3. The van der Waals surface area contributed by atoms with Crippen molar-refractivity contribution in [2.75, 3.05) is 6.61 Å². The van der Waals surface area contributed by atoms with Crippen LogP contribution in [0.3, 0.4) is 0 Å². The van der Waals surface area contributed by atoms with Gasteiger partial charge in [-0.2, -0.15) is 0 Å².